The first-order valence-corrected chi connectivity index (χ1v) is 6.78. The van der Waals surface area contributed by atoms with Gasteiger partial charge in [-0.25, -0.2) is 0 Å². The summed E-state index contributed by atoms with van der Waals surface area (Å²) in [6, 6.07) is 0.427. The first kappa shape index (κ1) is 12.3. The van der Waals surface area contributed by atoms with Crippen molar-refractivity contribution in [3.8, 4) is 0 Å². The van der Waals surface area contributed by atoms with Crippen molar-refractivity contribution in [3.05, 3.63) is 0 Å². The van der Waals surface area contributed by atoms with Gasteiger partial charge in [-0.1, -0.05) is 0 Å². The maximum atomic E-state index is 6.16. The Hall–Kier alpha value is -0.120. The molecule has 0 spiro atoms. The van der Waals surface area contributed by atoms with Crippen molar-refractivity contribution >= 4 is 0 Å². The van der Waals surface area contributed by atoms with Crippen molar-refractivity contribution in [1.29, 1.82) is 0 Å². The van der Waals surface area contributed by atoms with Gasteiger partial charge < -0.3 is 15.5 Å². The Morgan fingerprint density at radius 1 is 1.25 bits per heavy atom. The minimum atomic E-state index is 0.427. The molecule has 2 aliphatic rings. The van der Waals surface area contributed by atoms with Crippen LogP contribution in [0.4, 0.5) is 0 Å². The van der Waals surface area contributed by atoms with E-state index < -0.39 is 0 Å². The Morgan fingerprint density at radius 2 is 1.88 bits per heavy atom. The summed E-state index contributed by atoms with van der Waals surface area (Å²) in [4.78, 5) is 4.89. The summed E-state index contributed by atoms with van der Waals surface area (Å²) in [6.45, 7) is 4.88. The monoisotopic (exact) mass is 225 g/mol. The van der Waals surface area contributed by atoms with Gasteiger partial charge in [0.05, 0.1) is 0 Å². The van der Waals surface area contributed by atoms with Gasteiger partial charge in [-0.2, -0.15) is 0 Å². The minimum Gasteiger partial charge on any atom is -0.326 e. The van der Waals surface area contributed by atoms with Crippen LogP contribution in [-0.4, -0.2) is 56.1 Å². The van der Waals surface area contributed by atoms with Crippen LogP contribution >= 0.6 is 0 Å². The normalized spacial score (nSPS) is 26.2. The summed E-state index contributed by atoms with van der Waals surface area (Å²) < 4.78 is 0. The van der Waals surface area contributed by atoms with E-state index in [4.69, 9.17) is 5.73 Å². The summed E-state index contributed by atoms with van der Waals surface area (Å²) in [7, 11) is 4.46. The molecule has 0 bridgehead atoms. The molecule has 0 aromatic rings. The number of rotatable bonds is 5. The predicted molar refractivity (Wildman–Crippen MR) is 68.4 cm³/mol. The number of nitrogens with two attached hydrogens (primary N) is 1. The van der Waals surface area contributed by atoms with Crippen LogP contribution in [0.2, 0.25) is 0 Å². The predicted octanol–water partition coefficient (Wildman–Crippen LogP) is 0.997. The smallest absolute Gasteiger partial charge is 0.0196 e. The van der Waals surface area contributed by atoms with E-state index >= 15 is 0 Å². The maximum absolute atomic E-state index is 6.16. The van der Waals surface area contributed by atoms with Gasteiger partial charge in [0.25, 0.3) is 0 Å². The number of hydrogen-bond donors (Lipinski definition) is 1. The lowest BCUT2D eigenvalue weighted by Crippen LogP contribution is -2.41. The summed E-state index contributed by atoms with van der Waals surface area (Å²) >= 11 is 0. The van der Waals surface area contributed by atoms with Crippen molar-refractivity contribution in [2.24, 2.45) is 17.6 Å². The molecule has 94 valence electrons. The van der Waals surface area contributed by atoms with E-state index in [0.717, 1.165) is 18.4 Å². The lowest BCUT2D eigenvalue weighted by Gasteiger charge is -2.32. The third-order valence-electron chi connectivity index (χ3n) is 4.16. The van der Waals surface area contributed by atoms with Crippen LogP contribution in [0.25, 0.3) is 0 Å². The SMILES string of the molecule is CN1CCC(CN(C)CC(N)C2CC2)CC1. The number of likely N-dealkylation sites (tertiary alicyclic amines) is 1. The van der Waals surface area contributed by atoms with Gasteiger partial charge >= 0.3 is 0 Å². The lowest BCUT2D eigenvalue weighted by molar-refractivity contribution is 0.171. The highest BCUT2D eigenvalue weighted by atomic mass is 15.1. The summed E-state index contributed by atoms with van der Waals surface area (Å²) in [5.41, 5.74) is 6.16. The van der Waals surface area contributed by atoms with E-state index in [9.17, 15) is 0 Å². The molecular weight excluding hydrogens is 198 g/mol. The summed E-state index contributed by atoms with van der Waals surface area (Å²) in [5, 5.41) is 0. The standard InChI is InChI=1S/C13H27N3/c1-15-7-5-11(6-8-15)9-16(2)10-13(14)12-3-4-12/h11-13H,3-10,14H2,1-2H3. The molecule has 0 aromatic heterocycles. The number of nitrogens with zero attached hydrogens (tertiary/aromatic N) is 2. The first-order valence-electron chi connectivity index (χ1n) is 6.78. The van der Waals surface area contributed by atoms with Gasteiger partial charge in [0.15, 0.2) is 0 Å². The number of hydrogen-bond acceptors (Lipinski definition) is 3. The second-order valence-electron chi connectivity index (χ2n) is 5.97. The molecule has 0 radical (unpaired) electrons. The molecule has 0 amide bonds. The van der Waals surface area contributed by atoms with Crippen LogP contribution in [0.5, 0.6) is 0 Å². The van der Waals surface area contributed by atoms with Crippen molar-refractivity contribution < 1.29 is 0 Å². The van der Waals surface area contributed by atoms with Gasteiger partial charge in [0.2, 0.25) is 0 Å². The first-order chi connectivity index (χ1) is 7.65. The summed E-state index contributed by atoms with van der Waals surface area (Å²) in [6.07, 6.45) is 5.45. The third-order valence-corrected chi connectivity index (χ3v) is 4.16. The third kappa shape index (κ3) is 3.72. The van der Waals surface area contributed by atoms with Crippen LogP contribution < -0.4 is 5.73 Å². The van der Waals surface area contributed by atoms with Crippen molar-refractivity contribution in [1.82, 2.24) is 9.80 Å². The topological polar surface area (TPSA) is 32.5 Å². The molecule has 0 aromatic carbocycles. The van der Waals surface area contributed by atoms with E-state index in [-0.39, 0.29) is 0 Å². The van der Waals surface area contributed by atoms with E-state index in [1.165, 1.54) is 45.3 Å². The molecule has 1 heterocycles. The highest BCUT2D eigenvalue weighted by molar-refractivity contribution is 4.86. The van der Waals surface area contributed by atoms with Crippen molar-refractivity contribution in [2.45, 2.75) is 31.7 Å². The zero-order chi connectivity index (χ0) is 11.5. The molecule has 1 atom stereocenters. The Labute approximate surface area is 100.0 Å². The quantitative estimate of drug-likeness (QED) is 0.757. The van der Waals surface area contributed by atoms with Gasteiger partial charge in [-0.3, -0.25) is 0 Å². The average molecular weight is 225 g/mol. The van der Waals surface area contributed by atoms with Crippen LogP contribution in [0.15, 0.2) is 0 Å². The van der Waals surface area contributed by atoms with Crippen molar-refractivity contribution in [2.75, 3.05) is 40.3 Å². The molecule has 2 N–H and O–H groups in total. The molecule has 1 aliphatic heterocycles. The van der Waals surface area contributed by atoms with Crippen LogP contribution in [0.3, 0.4) is 0 Å². The lowest BCUT2D eigenvalue weighted by atomic mass is 9.96. The zero-order valence-electron chi connectivity index (χ0n) is 10.9. The molecule has 1 saturated carbocycles. The van der Waals surface area contributed by atoms with Gasteiger partial charge in [-0.15, -0.1) is 0 Å². The Bertz CT molecular complexity index is 207. The molecule has 1 saturated heterocycles. The molecule has 1 unspecified atom stereocenters. The van der Waals surface area contributed by atoms with Gasteiger partial charge in [-0.05, 0) is 64.7 Å². The molecule has 3 nitrogen and oxygen atoms in total. The van der Waals surface area contributed by atoms with Gasteiger partial charge in [0.1, 0.15) is 0 Å². The number of likely N-dealkylation sites (N-methyl/N-ethyl adjacent to an activating group) is 1. The average Bonchev–Trinajstić information content (AvgIpc) is 3.04. The number of piperidine rings is 1. The second-order valence-corrected chi connectivity index (χ2v) is 5.97. The largest absolute Gasteiger partial charge is 0.326 e. The fraction of sp³-hybridized carbons (Fsp3) is 1.00. The molecule has 16 heavy (non-hydrogen) atoms. The van der Waals surface area contributed by atoms with Crippen LogP contribution in [0, 0.1) is 11.8 Å². The highest BCUT2D eigenvalue weighted by Gasteiger charge is 2.29. The van der Waals surface area contributed by atoms with Gasteiger partial charge in [0, 0.05) is 19.1 Å². The Kier molecular flexibility index (Phi) is 4.22. The van der Waals surface area contributed by atoms with E-state index in [2.05, 4.69) is 23.9 Å². The highest BCUT2D eigenvalue weighted by Crippen LogP contribution is 2.31. The van der Waals surface area contributed by atoms with E-state index in [0.29, 0.717) is 6.04 Å². The molecular formula is C13H27N3. The molecule has 1 aliphatic carbocycles. The summed E-state index contributed by atoms with van der Waals surface area (Å²) in [5.74, 6) is 1.73. The second kappa shape index (κ2) is 5.48. The molecule has 3 heteroatoms. The Balaban J connectivity index is 1.64. The van der Waals surface area contributed by atoms with Crippen LogP contribution in [0.1, 0.15) is 25.7 Å². The maximum Gasteiger partial charge on any atom is 0.0196 e. The minimum absolute atomic E-state index is 0.427. The van der Waals surface area contributed by atoms with E-state index in [1.807, 2.05) is 0 Å². The fourth-order valence-electron chi connectivity index (χ4n) is 2.79. The van der Waals surface area contributed by atoms with E-state index in [1.54, 1.807) is 0 Å². The van der Waals surface area contributed by atoms with Crippen LogP contribution in [-0.2, 0) is 0 Å². The van der Waals surface area contributed by atoms with Crippen molar-refractivity contribution in [3.63, 3.8) is 0 Å². The molecule has 2 rings (SSSR count). The fourth-order valence-corrected chi connectivity index (χ4v) is 2.79. The molecule has 2 fully saturated rings. The Morgan fingerprint density at radius 3 is 2.44 bits per heavy atom. The zero-order valence-corrected chi connectivity index (χ0v) is 10.9.